The zero-order valence-corrected chi connectivity index (χ0v) is 20.5. The molecule has 2 aliphatic rings. The monoisotopic (exact) mass is 660 g/mol. The lowest BCUT2D eigenvalue weighted by molar-refractivity contribution is 0.101. The highest BCUT2D eigenvalue weighted by Gasteiger charge is 2.42. The number of benzene rings is 3. The molecular formula is C18H5Br5N2O. The van der Waals surface area contributed by atoms with Crippen LogP contribution in [0.3, 0.4) is 0 Å². The van der Waals surface area contributed by atoms with Gasteiger partial charge in [-0.3, -0.25) is 9.69 Å². The molecule has 128 valence electrons. The summed E-state index contributed by atoms with van der Waals surface area (Å²) < 4.78 is 4.04. The third kappa shape index (κ3) is 2.19. The SMILES string of the molecule is O=C1c2c(Br)c(Br)c(Br)c(Br)c2C2=Nc3cccc4cc(Br)cc(c34)N12. The third-order valence-electron chi connectivity index (χ3n) is 4.49. The van der Waals surface area contributed by atoms with Crippen LogP contribution in [0.2, 0.25) is 0 Å². The molecule has 0 unspecified atom stereocenters. The van der Waals surface area contributed by atoms with Crippen LogP contribution >= 0.6 is 79.6 Å². The largest absolute Gasteiger partial charge is 0.268 e. The number of carbonyl (C=O) groups excluding carboxylic acids is 1. The van der Waals surface area contributed by atoms with Crippen molar-refractivity contribution in [2.24, 2.45) is 4.99 Å². The number of halogens is 5. The Bertz CT molecular complexity index is 1220. The Morgan fingerprint density at radius 3 is 2.27 bits per heavy atom. The van der Waals surface area contributed by atoms with Crippen molar-refractivity contribution in [3.8, 4) is 0 Å². The first kappa shape index (κ1) is 17.6. The predicted molar refractivity (Wildman–Crippen MR) is 122 cm³/mol. The summed E-state index contributed by atoms with van der Waals surface area (Å²) in [5.74, 6) is 0.525. The van der Waals surface area contributed by atoms with E-state index in [1.54, 1.807) is 4.90 Å². The second-order valence-corrected chi connectivity index (χ2v) is 9.97. The molecule has 0 aliphatic carbocycles. The maximum atomic E-state index is 13.4. The number of aliphatic imine (C=N–C) groups is 1. The summed E-state index contributed by atoms with van der Waals surface area (Å²) in [5, 5.41) is 2.02. The van der Waals surface area contributed by atoms with Crippen LogP contribution in [0.15, 0.2) is 57.7 Å². The highest BCUT2D eigenvalue weighted by atomic mass is 79.9. The van der Waals surface area contributed by atoms with Gasteiger partial charge in [-0.15, -0.1) is 0 Å². The van der Waals surface area contributed by atoms with Crippen molar-refractivity contribution in [2.45, 2.75) is 0 Å². The molecule has 2 heterocycles. The van der Waals surface area contributed by atoms with Gasteiger partial charge in [-0.05, 0) is 87.3 Å². The fourth-order valence-electron chi connectivity index (χ4n) is 3.43. The number of carbonyl (C=O) groups is 1. The lowest BCUT2D eigenvalue weighted by atomic mass is 10.0. The van der Waals surface area contributed by atoms with Gasteiger partial charge in [-0.25, -0.2) is 4.99 Å². The number of amidine groups is 1. The fraction of sp³-hybridized carbons (Fsp3) is 0. The van der Waals surface area contributed by atoms with E-state index in [0.29, 0.717) is 15.9 Å². The van der Waals surface area contributed by atoms with Gasteiger partial charge in [0.2, 0.25) is 0 Å². The van der Waals surface area contributed by atoms with Gasteiger partial charge in [0.05, 0.1) is 16.9 Å². The number of nitrogens with zero attached hydrogens (tertiary/aromatic N) is 2. The molecule has 1 amide bonds. The summed E-state index contributed by atoms with van der Waals surface area (Å²) in [7, 11) is 0. The molecule has 3 aromatic rings. The molecule has 26 heavy (non-hydrogen) atoms. The first-order valence-electron chi connectivity index (χ1n) is 7.42. The van der Waals surface area contributed by atoms with Gasteiger partial charge in [0.15, 0.2) is 0 Å². The number of fused-ring (bicyclic) bond motifs is 4. The van der Waals surface area contributed by atoms with Crippen LogP contribution in [0.4, 0.5) is 11.4 Å². The Morgan fingerprint density at radius 1 is 0.846 bits per heavy atom. The first-order valence-corrected chi connectivity index (χ1v) is 11.4. The van der Waals surface area contributed by atoms with Gasteiger partial charge in [0.25, 0.3) is 5.91 Å². The Labute approximate surface area is 190 Å². The van der Waals surface area contributed by atoms with Crippen LogP contribution in [-0.2, 0) is 0 Å². The van der Waals surface area contributed by atoms with Crippen LogP contribution in [-0.4, -0.2) is 11.7 Å². The molecule has 0 fully saturated rings. The van der Waals surface area contributed by atoms with Gasteiger partial charge < -0.3 is 0 Å². The second kappa shape index (κ2) is 5.98. The highest BCUT2D eigenvalue weighted by molar-refractivity contribution is 9.15. The Hall–Kier alpha value is -0.540. The molecule has 0 bridgehead atoms. The van der Waals surface area contributed by atoms with E-state index in [0.717, 1.165) is 45.6 Å². The molecule has 0 radical (unpaired) electrons. The number of amides is 1. The molecule has 5 rings (SSSR count). The summed E-state index contributed by atoms with van der Waals surface area (Å²) >= 11 is 17.9. The smallest absolute Gasteiger partial charge is 0.266 e. The van der Waals surface area contributed by atoms with Gasteiger partial charge in [-0.2, -0.15) is 0 Å². The standard InChI is InChI=1S/C18H5Br5N2O/c19-7-4-6-2-1-3-8-10(6)9(5-7)25-17(24-8)11-12(18(25)26)14(21)16(23)15(22)13(11)20/h1-5H. The van der Waals surface area contributed by atoms with Crippen molar-refractivity contribution >= 4 is 114 Å². The summed E-state index contributed by atoms with van der Waals surface area (Å²) in [6, 6.07) is 9.99. The van der Waals surface area contributed by atoms with Gasteiger partial charge >= 0.3 is 0 Å². The quantitative estimate of drug-likeness (QED) is 0.179. The van der Waals surface area contributed by atoms with Gasteiger partial charge in [0, 0.05) is 33.3 Å². The average Bonchev–Trinajstić information content (AvgIpc) is 2.91. The zero-order valence-electron chi connectivity index (χ0n) is 12.6. The number of hydrogen-bond donors (Lipinski definition) is 0. The molecule has 0 spiro atoms. The van der Waals surface area contributed by atoms with E-state index < -0.39 is 0 Å². The number of anilines is 1. The van der Waals surface area contributed by atoms with Crippen molar-refractivity contribution in [3.05, 3.63) is 63.8 Å². The first-order chi connectivity index (χ1) is 12.4. The van der Waals surface area contributed by atoms with Crippen molar-refractivity contribution in [1.29, 1.82) is 0 Å². The maximum Gasteiger partial charge on any atom is 0.266 e. The number of hydrogen-bond acceptors (Lipinski definition) is 2. The van der Waals surface area contributed by atoms with Gasteiger partial charge in [0.1, 0.15) is 5.84 Å². The third-order valence-corrected chi connectivity index (χ3v) is 9.71. The normalized spacial score (nSPS) is 14.6. The summed E-state index contributed by atoms with van der Waals surface area (Å²) in [6.45, 7) is 0. The molecule has 3 aromatic carbocycles. The van der Waals surface area contributed by atoms with Crippen LogP contribution in [0.5, 0.6) is 0 Å². The summed E-state index contributed by atoms with van der Waals surface area (Å²) in [4.78, 5) is 19.9. The molecule has 8 heteroatoms. The fourth-order valence-corrected chi connectivity index (χ4v) is 6.35. The van der Waals surface area contributed by atoms with Crippen LogP contribution < -0.4 is 4.90 Å². The minimum Gasteiger partial charge on any atom is -0.268 e. The predicted octanol–water partition coefficient (Wildman–Crippen LogP) is 7.70. The highest BCUT2D eigenvalue weighted by Crippen LogP contribution is 2.50. The van der Waals surface area contributed by atoms with Crippen LogP contribution in [0.25, 0.3) is 10.8 Å². The van der Waals surface area contributed by atoms with E-state index in [9.17, 15) is 4.79 Å². The van der Waals surface area contributed by atoms with E-state index in [4.69, 9.17) is 4.99 Å². The van der Waals surface area contributed by atoms with Gasteiger partial charge in [-0.1, -0.05) is 28.1 Å². The molecule has 0 atom stereocenters. The summed E-state index contributed by atoms with van der Waals surface area (Å²) in [6.07, 6.45) is 0. The lowest BCUT2D eigenvalue weighted by Crippen LogP contribution is -2.31. The van der Waals surface area contributed by atoms with Crippen molar-refractivity contribution in [2.75, 3.05) is 4.90 Å². The minimum atomic E-state index is -0.103. The molecular weight excluding hydrogens is 660 g/mol. The molecule has 2 aliphatic heterocycles. The molecule has 3 nitrogen and oxygen atoms in total. The minimum absolute atomic E-state index is 0.103. The second-order valence-electron chi connectivity index (χ2n) is 5.88. The van der Waals surface area contributed by atoms with Crippen molar-refractivity contribution < 1.29 is 4.79 Å². The molecule has 0 saturated heterocycles. The van der Waals surface area contributed by atoms with Crippen LogP contribution in [0.1, 0.15) is 15.9 Å². The lowest BCUT2D eigenvalue weighted by Gasteiger charge is -2.25. The van der Waals surface area contributed by atoms with E-state index in [1.807, 2.05) is 30.3 Å². The van der Waals surface area contributed by atoms with E-state index in [2.05, 4.69) is 79.6 Å². The number of rotatable bonds is 0. The zero-order chi connectivity index (χ0) is 18.3. The Kier molecular flexibility index (Phi) is 4.03. The Balaban J connectivity index is 1.94. The van der Waals surface area contributed by atoms with E-state index >= 15 is 0 Å². The maximum absolute atomic E-state index is 13.4. The van der Waals surface area contributed by atoms with Crippen molar-refractivity contribution in [1.82, 2.24) is 0 Å². The van der Waals surface area contributed by atoms with E-state index in [-0.39, 0.29) is 5.91 Å². The van der Waals surface area contributed by atoms with E-state index in [1.165, 1.54) is 0 Å². The molecule has 0 N–H and O–H groups in total. The topological polar surface area (TPSA) is 32.7 Å². The Morgan fingerprint density at radius 2 is 1.54 bits per heavy atom. The van der Waals surface area contributed by atoms with Crippen molar-refractivity contribution in [3.63, 3.8) is 0 Å². The molecule has 0 aromatic heterocycles. The summed E-state index contributed by atoms with van der Waals surface area (Å²) in [5.41, 5.74) is 3.06. The van der Waals surface area contributed by atoms with Crippen LogP contribution in [0, 0.1) is 0 Å². The average molecular weight is 665 g/mol. The molecule has 0 saturated carbocycles.